The molecule has 0 aliphatic rings. The van der Waals surface area contributed by atoms with E-state index in [0.29, 0.717) is 33.1 Å². The summed E-state index contributed by atoms with van der Waals surface area (Å²) in [6.45, 7) is 4.42. The smallest absolute Gasteiger partial charge is 0.255 e. The Morgan fingerprint density at radius 3 is 2.63 bits per heavy atom. The van der Waals surface area contributed by atoms with Crippen LogP contribution in [0.2, 0.25) is 5.02 Å². The molecule has 3 aromatic rings. The predicted molar refractivity (Wildman–Crippen MR) is 108 cm³/mol. The monoisotopic (exact) mass is 401 g/mol. The SMILES string of the molecule is CC(C)Sc1ccccc1C(=O)N(C)Cc1nc(-c2ccccc2Cl)no1. The Morgan fingerprint density at radius 1 is 1.19 bits per heavy atom. The van der Waals surface area contributed by atoms with Gasteiger partial charge in [0.25, 0.3) is 5.91 Å². The lowest BCUT2D eigenvalue weighted by Gasteiger charge is -2.17. The average Bonchev–Trinajstić information content (AvgIpc) is 3.09. The Balaban J connectivity index is 1.76. The van der Waals surface area contributed by atoms with E-state index in [2.05, 4.69) is 24.0 Å². The van der Waals surface area contributed by atoms with Crippen LogP contribution in [0.25, 0.3) is 11.4 Å². The Morgan fingerprint density at radius 2 is 1.89 bits per heavy atom. The first-order chi connectivity index (χ1) is 13.0. The minimum absolute atomic E-state index is 0.0868. The van der Waals surface area contributed by atoms with Gasteiger partial charge in [0.15, 0.2) is 0 Å². The molecule has 2 aromatic carbocycles. The Bertz CT molecular complexity index is 942. The molecule has 0 bridgehead atoms. The lowest BCUT2D eigenvalue weighted by molar-refractivity contribution is 0.0766. The highest BCUT2D eigenvalue weighted by molar-refractivity contribution is 8.00. The van der Waals surface area contributed by atoms with E-state index in [1.165, 1.54) is 0 Å². The third kappa shape index (κ3) is 4.70. The second-order valence-corrected chi connectivity index (χ2v) is 8.34. The Hall–Kier alpha value is -2.31. The summed E-state index contributed by atoms with van der Waals surface area (Å²) in [5.74, 6) is 0.679. The van der Waals surface area contributed by atoms with Crippen LogP contribution >= 0.6 is 23.4 Å². The van der Waals surface area contributed by atoms with Gasteiger partial charge in [-0.15, -0.1) is 11.8 Å². The van der Waals surface area contributed by atoms with Crippen molar-refractivity contribution in [2.24, 2.45) is 0 Å². The van der Waals surface area contributed by atoms with E-state index in [9.17, 15) is 4.79 Å². The van der Waals surface area contributed by atoms with Gasteiger partial charge in [0.05, 0.1) is 17.1 Å². The molecule has 1 amide bonds. The third-order valence-electron chi connectivity index (χ3n) is 3.78. The molecule has 1 aromatic heterocycles. The summed E-state index contributed by atoms with van der Waals surface area (Å²) in [6.07, 6.45) is 0. The number of carbonyl (C=O) groups excluding carboxylic acids is 1. The van der Waals surface area contributed by atoms with Crippen LogP contribution in [0.3, 0.4) is 0 Å². The van der Waals surface area contributed by atoms with Crippen molar-refractivity contribution in [3.8, 4) is 11.4 Å². The quantitative estimate of drug-likeness (QED) is 0.534. The lowest BCUT2D eigenvalue weighted by atomic mass is 10.2. The van der Waals surface area contributed by atoms with Gasteiger partial charge in [-0.05, 0) is 24.3 Å². The third-order valence-corrected chi connectivity index (χ3v) is 5.19. The largest absolute Gasteiger partial charge is 0.337 e. The van der Waals surface area contributed by atoms with E-state index in [1.807, 2.05) is 42.5 Å². The number of hydrogen-bond acceptors (Lipinski definition) is 5. The highest BCUT2D eigenvalue weighted by Gasteiger charge is 2.19. The van der Waals surface area contributed by atoms with Crippen molar-refractivity contribution in [3.05, 3.63) is 65.0 Å². The first kappa shape index (κ1) is 19.5. The zero-order valence-corrected chi connectivity index (χ0v) is 16.9. The molecule has 7 heteroatoms. The van der Waals surface area contributed by atoms with Crippen LogP contribution in [0.15, 0.2) is 57.9 Å². The van der Waals surface area contributed by atoms with E-state index < -0.39 is 0 Å². The molecular weight excluding hydrogens is 382 g/mol. The fourth-order valence-electron chi connectivity index (χ4n) is 2.55. The van der Waals surface area contributed by atoms with Gasteiger partial charge in [-0.2, -0.15) is 4.98 Å². The van der Waals surface area contributed by atoms with Gasteiger partial charge in [-0.3, -0.25) is 4.79 Å². The van der Waals surface area contributed by atoms with Crippen molar-refractivity contribution in [1.82, 2.24) is 15.0 Å². The summed E-state index contributed by atoms with van der Waals surface area (Å²) in [6, 6.07) is 14.9. The summed E-state index contributed by atoms with van der Waals surface area (Å²) < 4.78 is 5.31. The normalized spacial score (nSPS) is 11.0. The number of thioether (sulfide) groups is 1. The van der Waals surface area contributed by atoms with Gasteiger partial charge in [0, 0.05) is 22.8 Å². The van der Waals surface area contributed by atoms with E-state index in [4.69, 9.17) is 16.1 Å². The molecule has 140 valence electrons. The molecule has 0 fully saturated rings. The summed E-state index contributed by atoms with van der Waals surface area (Å²) in [5, 5.41) is 4.91. The van der Waals surface area contributed by atoms with E-state index in [0.717, 1.165) is 4.90 Å². The molecule has 0 unspecified atom stereocenters. The predicted octanol–water partition coefficient (Wildman–Crippen LogP) is 5.16. The molecule has 5 nitrogen and oxygen atoms in total. The van der Waals surface area contributed by atoms with E-state index in [-0.39, 0.29) is 12.5 Å². The maximum atomic E-state index is 12.9. The highest BCUT2D eigenvalue weighted by Crippen LogP contribution is 2.28. The minimum Gasteiger partial charge on any atom is -0.337 e. The number of rotatable bonds is 6. The van der Waals surface area contributed by atoms with Crippen molar-refractivity contribution < 1.29 is 9.32 Å². The summed E-state index contributed by atoms with van der Waals surface area (Å²) in [5.41, 5.74) is 1.37. The number of benzene rings is 2. The highest BCUT2D eigenvalue weighted by atomic mass is 35.5. The number of nitrogens with zero attached hydrogens (tertiary/aromatic N) is 3. The number of carbonyl (C=O) groups is 1. The van der Waals surface area contributed by atoms with Crippen LogP contribution in [0.5, 0.6) is 0 Å². The maximum Gasteiger partial charge on any atom is 0.255 e. The molecule has 0 spiro atoms. The zero-order valence-electron chi connectivity index (χ0n) is 15.3. The van der Waals surface area contributed by atoms with Crippen molar-refractivity contribution in [2.45, 2.75) is 30.5 Å². The molecule has 0 saturated heterocycles. The van der Waals surface area contributed by atoms with Crippen LogP contribution in [0.4, 0.5) is 0 Å². The zero-order chi connectivity index (χ0) is 19.4. The molecule has 1 heterocycles. The van der Waals surface area contributed by atoms with Crippen molar-refractivity contribution in [2.75, 3.05) is 7.05 Å². The summed E-state index contributed by atoms with van der Waals surface area (Å²) >= 11 is 7.84. The van der Waals surface area contributed by atoms with Crippen LogP contribution in [-0.2, 0) is 6.54 Å². The molecule has 0 saturated carbocycles. The molecule has 0 atom stereocenters. The molecular formula is C20H20ClN3O2S. The van der Waals surface area contributed by atoms with E-state index in [1.54, 1.807) is 29.8 Å². The van der Waals surface area contributed by atoms with Crippen molar-refractivity contribution in [1.29, 1.82) is 0 Å². The van der Waals surface area contributed by atoms with Crippen molar-refractivity contribution >= 4 is 29.3 Å². The van der Waals surface area contributed by atoms with Gasteiger partial charge in [0.1, 0.15) is 0 Å². The second kappa shape index (κ2) is 8.59. The maximum absolute atomic E-state index is 12.9. The van der Waals surface area contributed by atoms with Crippen LogP contribution in [-0.4, -0.2) is 33.2 Å². The minimum atomic E-state index is -0.0868. The van der Waals surface area contributed by atoms with Gasteiger partial charge >= 0.3 is 0 Å². The van der Waals surface area contributed by atoms with Gasteiger partial charge in [0.2, 0.25) is 11.7 Å². The molecule has 0 radical (unpaired) electrons. The Kier molecular flexibility index (Phi) is 6.19. The first-order valence-corrected chi connectivity index (χ1v) is 9.80. The van der Waals surface area contributed by atoms with Gasteiger partial charge in [-0.25, -0.2) is 0 Å². The number of aromatic nitrogens is 2. The fraction of sp³-hybridized carbons (Fsp3) is 0.250. The van der Waals surface area contributed by atoms with Gasteiger partial charge < -0.3 is 9.42 Å². The number of hydrogen-bond donors (Lipinski definition) is 0. The Labute approximate surface area is 167 Å². The number of halogens is 1. The summed E-state index contributed by atoms with van der Waals surface area (Å²) in [4.78, 5) is 19.8. The lowest BCUT2D eigenvalue weighted by Crippen LogP contribution is -2.26. The van der Waals surface area contributed by atoms with E-state index >= 15 is 0 Å². The van der Waals surface area contributed by atoms with Crippen molar-refractivity contribution in [3.63, 3.8) is 0 Å². The topological polar surface area (TPSA) is 59.2 Å². The molecule has 0 N–H and O–H groups in total. The second-order valence-electron chi connectivity index (χ2n) is 6.32. The van der Waals surface area contributed by atoms with Crippen LogP contribution in [0.1, 0.15) is 30.1 Å². The van der Waals surface area contributed by atoms with Crippen LogP contribution < -0.4 is 0 Å². The average molecular weight is 402 g/mol. The fourth-order valence-corrected chi connectivity index (χ4v) is 3.72. The molecule has 3 rings (SSSR count). The molecule has 27 heavy (non-hydrogen) atoms. The standard InChI is InChI=1S/C20H20ClN3O2S/c1-13(2)27-17-11-7-5-9-15(17)20(25)24(3)12-18-22-19(23-26-18)14-8-4-6-10-16(14)21/h4-11,13H,12H2,1-3H3. The first-order valence-electron chi connectivity index (χ1n) is 8.54. The molecule has 0 aliphatic carbocycles. The molecule has 0 aliphatic heterocycles. The number of amides is 1. The summed E-state index contributed by atoms with van der Waals surface area (Å²) in [7, 11) is 1.72. The van der Waals surface area contributed by atoms with Crippen LogP contribution in [0, 0.1) is 0 Å². The van der Waals surface area contributed by atoms with Gasteiger partial charge in [-0.1, -0.05) is 54.9 Å².